The first-order chi connectivity index (χ1) is 10.1. The Balaban J connectivity index is 0.000000219. The van der Waals surface area contributed by atoms with E-state index < -0.39 is 0 Å². The van der Waals surface area contributed by atoms with Crippen LogP contribution in [0.4, 0.5) is 0 Å². The number of pyridine rings is 2. The third-order valence-corrected chi connectivity index (χ3v) is 3.24. The number of nitrogens with zero attached hydrogens (tertiary/aromatic N) is 2. The number of esters is 1. The topological polar surface area (TPSA) is 69.2 Å². The lowest BCUT2D eigenvalue weighted by Crippen LogP contribution is -2.04. The van der Waals surface area contributed by atoms with Crippen molar-refractivity contribution in [2.75, 3.05) is 6.61 Å². The lowest BCUT2D eigenvalue weighted by Gasteiger charge is -2.00. The molecule has 0 fully saturated rings. The summed E-state index contributed by atoms with van der Waals surface area (Å²) in [5.74, 6) is -0.341. The Labute approximate surface area is 139 Å². The van der Waals surface area contributed by atoms with Crippen LogP contribution in [0.15, 0.2) is 45.9 Å². The summed E-state index contributed by atoms with van der Waals surface area (Å²) in [5, 5.41) is 0. The van der Waals surface area contributed by atoms with Crippen molar-refractivity contribution in [3.8, 4) is 0 Å². The summed E-state index contributed by atoms with van der Waals surface area (Å²) in [7, 11) is 0. The van der Waals surface area contributed by atoms with Gasteiger partial charge in [0.1, 0.15) is 0 Å². The van der Waals surface area contributed by atoms with E-state index in [9.17, 15) is 9.59 Å². The van der Waals surface area contributed by atoms with Crippen molar-refractivity contribution in [2.24, 2.45) is 0 Å². The Hall–Kier alpha value is -1.60. The molecule has 0 spiro atoms. The molecule has 0 atom stereocenters. The first-order valence-corrected chi connectivity index (χ1v) is 7.49. The standard InChI is InChI=1S/C8H8BrNO2.C6H4BrNO/c1-2-12-8(11)6-3-7(9)5-10-4-6;7-6-3-8-2-1-5(6)4-9/h3-5H,2H2,1H3;1-4H. The molecular formula is C14H12Br2N2O3. The van der Waals surface area contributed by atoms with Gasteiger partial charge in [-0.25, -0.2) is 4.79 Å². The Morgan fingerprint density at radius 1 is 1.29 bits per heavy atom. The normalized spacial score (nSPS) is 9.29. The Morgan fingerprint density at radius 3 is 2.57 bits per heavy atom. The van der Waals surface area contributed by atoms with E-state index in [2.05, 4.69) is 41.8 Å². The molecule has 2 aromatic heterocycles. The van der Waals surface area contributed by atoms with Crippen molar-refractivity contribution >= 4 is 44.1 Å². The Morgan fingerprint density at radius 2 is 2.05 bits per heavy atom. The second-order valence-electron chi connectivity index (χ2n) is 3.63. The number of aldehydes is 1. The molecule has 0 aliphatic carbocycles. The van der Waals surface area contributed by atoms with Gasteiger partial charge in [0.25, 0.3) is 0 Å². The molecule has 0 bridgehead atoms. The average molecular weight is 416 g/mol. The van der Waals surface area contributed by atoms with Gasteiger partial charge >= 0.3 is 5.97 Å². The fourth-order valence-corrected chi connectivity index (χ4v) is 1.93. The molecule has 110 valence electrons. The molecule has 21 heavy (non-hydrogen) atoms. The van der Waals surface area contributed by atoms with Gasteiger partial charge in [0.2, 0.25) is 0 Å². The van der Waals surface area contributed by atoms with Gasteiger partial charge in [0.05, 0.1) is 12.2 Å². The summed E-state index contributed by atoms with van der Waals surface area (Å²) < 4.78 is 6.29. The Bertz CT molecular complexity index is 621. The van der Waals surface area contributed by atoms with E-state index in [1.807, 2.05) is 0 Å². The summed E-state index contributed by atoms with van der Waals surface area (Å²) in [5.41, 5.74) is 1.09. The number of hydrogen-bond acceptors (Lipinski definition) is 5. The van der Waals surface area contributed by atoms with Gasteiger partial charge in [-0.2, -0.15) is 0 Å². The first-order valence-electron chi connectivity index (χ1n) is 5.90. The van der Waals surface area contributed by atoms with E-state index >= 15 is 0 Å². The van der Waals surface area contributed by atoms with Crippen LogP contribution >= 0.6 is 31.9 Å². The summed E-state index contributed by atoms with van der Waals surface area (Å²) in [6.07, 6.45) is 7.04. The van der Waals surface area contributed by atoms with Gasteiger partial charge < -0.3 is 4.74 Å². The molecule has 0 N–H and O–H groups in total. The van der Waals surface area contributed by atoms with Crippen molar-refractivity contribution in [3.63, 3.8) is 0 Å². The monoisotopic (exact) mass is 414 g/mol. The van der Waals surface area contributed by atoms with Crippen molar-refractivity contribution in [1.82, 2.24) is 9.97 Å². The van der Waals surface area contributed by atoms with Crippen molar-refractivity contribution in [3.05, 3.63) is 57.0 Å². The molecule has 7 heteroatoms. The fraction of sp³-hybridized carbons (Fsp3) is 0.143. The van der Waals surface area contributed by atoms with E-state index in [-0.39, 0.29) is 5.97 Å². The molecule has 0 aromatic carbocycles. The second-order valence-corrected chi connectivity index (χ2v) is 5.40. The number of carbonyl (C=O) groups excluding carboxylic acids is 2. The van der Waals surface area contributed by atoms with E-state index in [4.69, 9.17) is 4.74 Å². The molecule has 0 aliphatic rings. The zero-order valence-corrected chi connectivity index (χ0v) is 14.3. The van der Waals surface area contributed by atoms with Crippen molar-refractivity contribution in [2.45, 2.75) is 6.92 Å². The number of carbonyl (C=O) groups is 2. The van der Waals surface area contributed by atoms with Gasteiger partial charge in [-0.3, -0.25) is 14.8 Å². The van der Waals surface area contributed by atoms with Crippen LogP contribution in [0.3, 0.4) is 0 Å². The maximum atomic E-state index is 11.1. The van der Waals surface area contributed by atoms with Gasteiger partial charge in [0.15, 0.2) is 6.29 Å². The SMILES string of the molecule is CCOC(=O)c1cncc(Br)c1.O=Cc1ccncc1Br. The zero-order valence-electron chi connectivity index (χ0n) is 11.1. The number of aromatic nitrogens is 2. The molecule has 2 heterocycles. The molecule has 5 nitrogen and oxygen atoms in total. The number of rotatable bonds is 3. The van der Waals surface area contributed by atoms with Gasteiger partial charge in [-0.15, -0.1) is 0 Å². The Kier molecular flexibility index (Phi) is 7.78. The van der Waals surface area contributed by atoms with Crippen molar-refractivity contribution < 1.29 is 14.3 Å². The maximum absolute atomic E-state index is 11.1. The summed E-state index contributed by atoms with van der Waals surface area (Å²) in [6.45, 7) is 2.15. The van der Waals surface area contributed by atoms with E-state index in [0.29, 0.717) is 17.7 Å². The van der Waals surface area contributed by atoms with Crippen LogP contribution in [0, 0.1) is 0 Å². The molecule has 0 radical (unpaired) electrons. The lowest BCUT2D eigenvalue weighted by atomic mass is 10.3. The van der Waals surface area contributed by atoms with Crippen LogP contribution in [-0.4, -0.2) is 28.8 Å². The van der Waals surface area contributed by atoms with E-state index in [1.54, 1.807) is 37.6 Å². The van der Waals surface area contributed by atoms with Crippen molar-refractivity contribution in [1.29, 1.82) is 0 Å². The highest BCUT2D eigenvalue weighted by Crippen LogP contribution is 2.11. The zero-order chi connectivity index (χ0) is 15.7. The lowest BCUT2D eigenvalue weighted by molar-refractivity contribution is 0.0525. The molecule has 0 amide bonds. The maximum Gasteiger partial charge on any atom is 0.339 e. The molecule has 0 saturated heterocycles. The molecule has 2 rings (SSSR count). The van der Waals surface area contributed by atoms with Gasteiger partial charge in [0, 0.05) is 39.3 Å². The quantitative estimate of drug-likeness (QED) is 0.564. The van der Waals surface area contributed by atoms with Crippen LogP contribution < -0.4 is 0 Å². The molecule has 0 unspecified atom stereocenters. The smallest absolute Gasteiger partial charge is 0.339 e. The highest BCUT2D eigenvalue weighted by Gasteiger charge is 2.05. The highest BCUT2D eigenvalue weighted by atomic mass is 79.9. The van der Waals surface area contributed by atoms with Crippen LogP contribution in [-0.2, 0) is 4.74 Å². The molecular weight excluding hydrogens is 404 g/mol. The van der Waals surface area contributed by atoms with E-state index in [1.165, 1.54) is 6.20 Å². The number of ether oxygens (including phenoxy) is 1. The minimum absolute atomic E-state index is 0.341. The van der Waals surface area contributed by atoms with Gasteiger partial charge in [-0.1, -0.05) is 0 Å². The van der Waals surface area contributed by atoms with Crippen LogP contribution in [0.5, 0.6) is 0 Å². The molecule has 0 saturated carbocycles. The summed E-state index contributed by atoms with van der Waals surface area (Å²) >= 11 is 6.37. The van der Waals surface area contributed by atoms with Crippen LogP contribution in [0.1, 0.15) is 27.6 Å². The minimum atomic E-state index is -0.341. The summed E-state index contributed by atoms with van der Waals surface area (Å²) in [6, 6.07) is 3.32. The molecule has 2 aromatic rings. The number of hydrogen-bond donors (Lipinski definition) is 0. The predicted octanol–water partition coefficient (Wildman–Crippen LogP) is 3.68. The summed E-state index contributed by atoms with van der Waals surface area (Å²) in [4.78, 5) is 28.9. The second kappa shape index (κ2) is 9.36. The minimum Gasteiger partial charge on any atom is -0.462 e. The van der Waals surface area contributed by atoms with Crippen LogP contribution in [0.2, 0.25) is 0 Å². The fourth-order valence-electron chi connectivity index (χ4n) is 1.22. The largest absolute Gasteiger partial charge is 0.462 e. The third-order valence-electron chi connectivity index (χ3n) is 2.15. The van der Waals surface area contributed by atoms with E-state index in [0.717, 1.165) is 15.2 Å². The highest BCUT2D eigenvalue weighted by molar-refractivity contribution is 9.10. The van der Waals surface area contributed by atoms with Crippen LogP contribution in [0.25, 0.3) is 0 Å². The predicted molar refractivity (Wildman–Crippen MR) is 85.2 cm³/mol. The van der Waals surface area contributed by atoms with Gasteiger partial charge in [-0.05, 0) is 50.9 Å². The first kappa shape index (κ1) is 17.5. The molecule has 0 aliphatic heterocycles. The number of halogens is 2. The third kappa shape index (κ3) is 6.14. The average Bonchev–Trinajstić information content (AvgIpc) is 2.49.